The fraction of sp³-hybridized carbons (Fsp3) is 0.429. The van der Waals surface area contributed by atoms with Gasteiger partial charge in [-0.25, -0.2) is 4.68 Å². The minimum Gasteiger partial charge on any atom is -0.492 e. The molecule has 0 aliphatic carbocycles. The van der Waals surface area contributed by atoms with E-state index < -0.39 is 0 Å². The Morgan fingerprint density at radius 1 is 1.26 bits per heavy atom. The zero-order valence-electron chi connectivity index (χ0n) is 11.3. The van der Waals surface area contributed by atoms with Crippen molar-refractivity contribution in [3.63, 3.8) is 0 Å². The molecule has 0 aliphatic heterocycles. The molecule has 5 nitrogen and oxygen atoms in total. The van der Waals surface area contributed by atoms with Gasteiger partial charge < -0.3 is 9.84 Å². The number of ether oxygens (including phenoxy) is 1. The van der Waals surface area contributed by atoms with Gasteiger partial charge in [-0.3, -0.25) is 0 Å². The first-order chi connectivity index (χ1) is 9.24. The number of rotatable bonds is 6. The maximum Gasteiger partial charge on any atom is 0.119 e. The van der Waals surface area contributed by atoms with Gasteiger partial charge in [-0.2, -0.15) is 0 Å². The fourth-order valence-corrected chi connectivity index (χ4v) is 1.94. The molecule has 0 unspecified atom stereocenters. The summed E-state index contributed by atoms with van der Waals surface area (Å²) in [5.41, 5.74) is 2.83. The van der Waals surface area contributed by atoms with Crippen LogP contribution in [0.25, 0.3) is 0 Å². The number of hydrogen-bond acceptors (Lipinski definition) is 4. The lowest BCUT2D eigenvalue weighted by atomic mass is 10.2. The maximum atomic E-state index is 9.15. The van der Waals surface area contributed by atoms with Crippen molar-refractivity contribution < 1.29 is 9.84 Å². The van der Waals surface area contributed by atoms with Crippen LogP contribution in [0.5, 0.6) is 5.75 Å². The number of aliphatic hydroxyl groups excluding tert-OH is 1. The number of aryl methyl sites for hydroxylation is 1. The molecule has 2 aromatic rings. The van der Waals surface area contributed by atoms with Crippen LogP contribution in [-0.2, 0) is 19.6 Å². The van der Waals surface area contributed by atoms with Crippen molar-refractivity contribution in [2.75, 3.05) is 6.61 Å². The lowest BCUT2D eigenvalue weighted by Gasteiger charge is -2.08. The molecule has 0 fully saturated rings. The molecule has 0 spiro atoms. The topological polar surface area (TPSA) is 60.2 Å². The van der Waals surface area contributed by atoms with Crippen LogP contribution >= 0.6 is 0 Å². The Morgan fingerprint density at radius 3 is 2.63 bits per heavy atom. The Bertz CT molecular complexity index is 520. The van der Waals surface area contributed by atoms with Gasteiger partial charge in [0, 0.05) is 0 Å². The van der Waals surface area contributed by atoms with Gasteiger partial charge in [0.05, 0.1) is 18.8 Å². The molecular formula is C14H19N3O2. The van der Waals surface area contributed by atoms with Crippen molar-refractivity contribution in [1.82, 2.24) is 15.0 Å². The fourth-order valence-electron chi connectivity index (χ4n) is 1.94. The van der Waals surface area contributed by atoms with Gasteiger partial charge >= 0.3 is 0 Å². The van der Waals surface area contributed by atoms with Gasteiger partial charge in [-0.15, -0.1) is 5.10 Å². The monoisotopic (exact) mass is 261 g/mol. The molecule has 0 atom stereocenters. The van der Waals surface area contributed by atoms with Gasteiger partial charge in [0.2, 0.25) is 0 Å². The average Bonchev–Trinajstić information content (AvgIpc) is 2.83. The third kappa shape index (κ3) is 3.32. The van der Waals surface area contributed by atoms with Crippen molar-refractivity contribution in [2.45, 2.75) is 33.4 Å². The molecule has 0 aliphatic rings. The van der Waals surface area contributed by atoms with Gasteiger partial charge in [0.1, 0.15) is 18.1 Å². The highest BCUT2D eigenvalue weighted by Crippen LogP contribution is 2.12. The van der Waals surface area contributed by atoms with Gasteiger partial charge in [-0.05, 0) is 25.5 Å². The SMILES string of the molecule is CCc1c(CO)nnn1CCOc1ccc(C)cc1. The molecule has 1 aromatic carbocycles. The highest BCUT2D eigenvalue weighted by atomic mass is 16.5. The largest absolute Gasteiger partial charge is 0.492 e. The molecule has 0 saturated carbocycles. The van der Waals surface area contributed by atoms with E-state index in [1.54, 1.807) is 4.68 Å². The zero-order valence-corrected chi connectivity index (χ0v) is 11.3. The summed E-state index contributed by atoms with van der Waals surface area (Å²) in [4.78, 5) is 0. The van der Waals surface area contributed by atoms with Crippen LogP contribution in [0.1, 0.15) is 23.9 Å². The molecule has 1 heterocycles. The highest BCUT2D eigenvalue weighted by molar-refractivity contribution is 5.26. The molecule has 0 bridgehead atoms. The summed E-state index contributed by atoms with van der Waals surface area (Å²) in [7, 11) is 0. The van der Waals surface area contributed by atoms with Gasteiger partial charge in [0.25, 0.3) is 0 Å². The third-order valence-electron chi connectivity index (χ3n) is 3.00. The Balaban J connectivity index is 1.92. The first-order valence-corrected chi connectivity index (χ1v) is 6.46. The maximum absolute atomic E-state index is 9.15. The van der Waals surface area contributed by atoms with E-state index in [-0.39, 0.29) is 6.61 Å². The summed E-state index contributed by atoms with van der Waals surface area (Å²) in [6.45, 7) is 5.16. The van der Waals surface area contributed by atoms with E-state index >= 15 is 0 Å². The molecule has 19 heavy (non-hydrogen) atoms. The Hall–Kier alpha value is -1.88. The molecule has 102 valence electrons. The van der Waals surface area contributed by atoms with E-state index in [1.807, 2.05) is 38.1 Å². The van der Waals surface area contributed by atoms with Crippen molar-refractivity contribution in [1.29, 1.82) is 0 Å². The Labute approximate surface area is 112 Å². The van der Waals surface area contributed by atoms with E-state index in [1.165, 1.54) is 5.56 Å². The van der Waals surface area contributed by atoms with Crippen molar-refractivity contribution in [2.24, 2.45) is 0 Å². The summed E-state index contributed by atoms with van der Waals surface area (Å²) in [5.74, 6) is 0.853. The lowest BCUT2D eigenvalue weighted by Crippen LogP contribution is -2.12. The van der Waals surface area contributed by atoms with Crippen LogP contribution < -0.4 is 4.74 Å². The smallest absolute Gasteiger partial charge is 0.119 e. The van der Waals surface area contributed by atoms with Crippen molar-refractivity contribution >= 4 is 0 Å². The van der Waals surface area contributed by atoms with Crippen LogP contribution in [0.2, 0.25) is 0 Å². The molecule has 1 aromatic heterocycles. The minimum atomic E-state index is -0.0675. The first kappa shape index (κ1) is 13.5. The van der Waals surface area contributed by atoms with Crippen LogP contribution in [0.4, 0.5) is 0 Å². The van der Waals surface area contributed by atoms with Crippen LogP contribution in [-0.4, -0.2) is 26.7 Å². The lowest BCUT2D eigenvalue weighted by molar-refractivity contribution is 0.274. The van der Waals surface area contributed by atoms with Gasteiger partial charge in [-0.1, -0.05) is 29.8 Å². The molecule has 1 N–H and O–H groups in total. The van der Waals surface area contributed by atoms with E-state index in [0.29, 0.717) is 18.8 Å². The number of aliphatic hydroxyl groups is 1. The van der Waals surface area contributed by atoms with E-state index in [4.69, 9.17) is 9.84 Å². The third-order valence-corrected chi connectivity index (χ3v) is 3.00. The second-order valence-corrected chi connectivity index (χ2v) is 4.38. The second-order valence-electron chi connectivity index (χ2n) is 4.38. The van der Waals surface area contributed by atoms with Crippen LogP contribution in [0.3, 0.4) is 0 Å². The molecule has 0 amide bonds. The number of aromatic nitrogens is 3. The summed E-state index contributed by atoms with van der Waals surface area (Å²) in [6, 6.07) is 7.95. The normalized spacial score (nSPS) is 10.7. The van der Waals surface area contributed by atoms with Crippen LogP contribution in [0.15, 0.2) is 24.3 Å². The molecule has 2 rings (SSSR count). The summed E-state index contributed by atoms with van der Waals surface area (Å²) in [5, 5.41) is 17.1. The second kappa shape index (κ2) is 6.33. The first-order valence-electron chi connectivity index (χ1n) is 6.46. The molecule has 5 heteroatoms. The zero-order chi connectivity index (χ0) is 13.7. The molecular weight excluding hydrogens is 242 g/mol. The summed E-state index contributed by atoms with van der Waals surface area (Å²) in [6.07, 6.45) is 0.799. The number of benzene rings is 1. The average molecular weight is 261 g/mol. The van der Waals surface area contributed by atoms with E-state index in [0.717, 1.165) is 17.9 Å². The number of hydrogen-bond donors (Lipinski definition) is 1. The predicted molar refractivity (Wildman–Crippen MR) is 72.0 cm³/mol. The van der Waals surface area contributed by atoms with Crippen LogP contribution in [0, 0.1) is 6.92 Å². The summed E-state index contributed by atoms with van der Waals surface area (Å²) < 4.78 is 7.45. The Kier molecular flexibility index (Phi) is 4.52. The molecule has 0 saturated heterocycles. The minimum absolute atomic E-state index is 0.0675. The predicted octanol–water partition coefficient (Wildman–Crippen LogP) is 1.72. The standard InChI is InChI=1S/C14H19N3O2/c1-3-14-13(10-18)15-16-17(14)8-9-19-12-6-4-11(2)5-7-12/h4-7,18H,3,8-10H2,1-2H3. The van der Waals surface area contributed by atoms with Crippen molar-refractivity contribution in [3.05, 3.63) is 41.2 Å². The molecule has 0 radical (unpaired) electrons. The number of nitrogens with zero attached hydrogens (tertiary/aromatic N) is 3. The van der Waals surface area contributed by atoms with E-state index in [9.17, 15) is 0 Å². The summed E-state index contributed by atoms with van der Waals surface area (Å²) >= 11 is 0. The van der Waals surface area contributed by atoms with Crippen molar-refractivity contribution in [3.8, 4) is 5.75 Å². The quantitative estimate of drug-likeness (QED) is 0.860. The Morgan fingerprint density at radius 2 is 2.00 bits per heavy atom. The van der Waals surface area contributed by atoms with E-state index in [2.05, 4.69) is 10.3 Å². The van der Waals surface area contributed by atoms with Gasteiger partial charge in [0.15, 0.2) is 0 Å². The highest BCUT2D eigenvalue weighted by Gasteiger charge is 2.09.